The minimum atomic E-state index is -0.523. The number of allylic oxidation sites excluding steroid dienone is 1. The Morgan fingerprint density at radius 2 is 1.97 bits per heavy atom. The summed E-state index contributed by atoms with van der Waals surface area (Å²) < 4.78 is 5.64. The topological polar surface area (TPSA) is 71.5 Å². The molecule has 0 aliphatic heterocycles. The van der Waals surface area contributed by atoms with E-state index >= 15 is 0 Å². The van der Waals surface area contributed by atoms with Gasteiger partial charge in [0, 0.05) is 23.9 Å². The highest BCUT2D eigenvalue weighted by Crippen LogP contribution is 2.35. The predicted molar refractivity (Wildman–Crippen MR) is 121 cm³/mol. The van der Waals surface area contributed by atoms with Gasteiger partial charge in [-0.2, -0.15) is 0 Å². The van der Waals surface area contributed by atoms with E-state index in [1.807, 2.05) is 42.5 Å². The molecule has 0 spiro atoms. The lowest BCUT2D eigenvalue weighted by Crippen LogP contribution is -2.27. The third-order valence-corrected chi connectivity index (χ3v) is 4.83. The van der Waals surface area contributed by atoms with E-state index in [1.165, 1.54) is 11.0 Å². The number of pyridine rings is 1. The molecule has 0 saturated heterocycles. The first kappa shape index (κ1) is 20.1. The Hall–Kier alpha value is -4.19. The van der Waals surface area contributed by atoms with Crippen molar-refractivity contribution in [1.82, 2.24) is 4.98 Å². The number of fused-ring (bicyclic) bond motifs is 1. The summed E-state index contributed by atoms with van der Waals surface area (Å²) in [5, 5.41) is 2.73. The molecule has 4 rings (SSSR count). The standard InChI is InChI=1S/C25H21N3O3/c1-2-24(29)27-19-10-6-11-20(16-19)28(23-14-15-26-22-13-7-12-21(22)23)25(30)31-17-18-8-4-3-5-9-18/h2-12,14-16H,1,13,17H2,(H,27,29). The zero-order valence-corrected chi connectivity index (χ0v) is 16.8. The van der Waals surface area contributed by atoms with Crippen LogP contribution in [0, 0.1) is 0 Å². The van der Waals surface area contributed by atoms with E-state index in [4.69, 9.17) is 4.74 Å². The van der Waals surface area contributed by atoms with Gasteiger partial charge in [0.2, 0.25) is 5.91 Å². The first-order valence-electron chi connectivity index (χ1n) is 9.84. The van der Waals surface area contributed by atoms with Crippen LogP contribution in [0.2, 0.25) is 0 Å². The smallest absolute Gasteiger partial charge is 0.419 e. The zero-order chi connectivity index (χ0) is 21.6. The summed E-state index contributed by atoms with van der Waals surface area (Å²) in [6.07, 6.45) is 7.03. The summed E-state index contributed by atoms with van der Waals surface area (Å²) >= 11 is 0. The molecule has 6 nitrogen and oxygen atoms in total. The van der Waals surface area contributed by atoms with Crippen LogP contribution in [0.1, 0.15) is 16.8 Å². The van der Waals surface area contributed by atoms with E-state index in [2.05, 4.69) is 16.9 Å². The number of rotatable bonds is 6. The Morgan fingerprint density at radius 1 is 1.13 bits per heavy atom. The van der Waals surface area contributed by atoms with E-state index < -0.39 is 6.09 Å². The number of aromatic nitrogens is 1. The quantitative estimate of drug-likeness (QED) is 0.563. The van der Waals surface area contributed by atoms with Gasteiger partial charge >= 0.3 is 6.09 Å². The Balaban J connectivity index is 1.70. The maximum absolute atomic E-state index is 13.3. The maximum atomic E-state index is 13.3. The number of anilines is 3. The molecule has 1 aromatic heterocycles. The van der Waals surface area contributed by atoms with E-state index in [1.54, 1.807) is 36.5 Å². The van der Waals surface area contributed by atoms with E-state index in [-0.39, 0.29) is 12.5 Å². The number of hydrogen-bond acceptors (Lipinski definition) is 4. The van der Waals surface area contributed by atoms with Gasteiger partial charge in [0.05, 0.1) is 17.1 Å². The van der Waals surface area contributed by atoms with Crippen molar-refractivity contribution in [3.63, 3.8) is 0 Å². The van der Waals surface area contributed by atoms with Crippen LogP contribution >= 0.6 is 0 Å². The molecule has 0 atom stereocenters. The van der Waals surface area contributed by atoms with Crippen molar-refractivity contribution in [3.8, 4) is 0 Å². The van der Waals surface area contributed by atoms with E-state index in [0.717, 1.165) is 16.8 Å². The van der Waals surface area contributed by atoms with Crippen molar-refractivity contribution in [1.29, 1.82) is 0 Å². The SMILES string of the molecule is C=CC(=O)Nc1cccc(N(C(=O)OCc2ccccc2)c2ccnc3c2C=CC3)c1. The predicted octanol–water partition coefficient (Wildman–Crippen LogP) is 5.25. The van der Waals surface area contributed by atoms with Crippen LogP contribution in [0.5, 0.6) is 0 Å². The van der Waals surface area contributed by atoms with Crippen molar-refractivity contribution in [3.05, 3.63) is 102 Å². The largest absolute Gasteiger partial charge is 0.444 e. The molecule has 2 aromatic carbocycles. The second-order valence-electron chi connectivity index (χ2n) is 6.92. The second-order valence-corrected chi connectivity index (χ2v) is 6.92. The van der Waals surface area contributed by atoms with Gasteiger partial charge in [-0.15, -0.1) is 0 Å². The summed E-state index contributed by atoms with van der Waals surface area (Å²) in [5.74, 6) is -0.330. The Bertz CT molecular complexity index is 1160. The average Bonchev–Trinajstić information content (AvgIpc) is 3.28. The van der Waals surface area contributed by atoms with Crippen molar-refractivity contribution >= 4 is 35.1 Å². The number of benzene rings is 2. The molecule has 1 aliphatic carbocycles. The third kappa shape index (κ3) is 4.53. The summed E-state index contributed by atoms with van der Waals surface area (Å²) in [6.45, 7) is 3.62. The number of carbonyl (C=O) groups excluding carboxylic acids is 2. The normalized spacial score (nSPS) is 11.5. The molecule has 1 aliphatic rings. The van der Waals surface area contributed by atoms with E-state index in [0.29, 0.717) is 23.5 Å². The van der Waals surface area contributed by atoms with Crippen molar-refractivity contribution in [2.45, 2.75) is 13.0 Å². The second kappa shape index (κ2) is 9.09. The fourth-order valence-corrected chi connectivity index (χ4v) is 3.38. The molecule has 2 amide bonds. The number of carbonyl (C=O) groups is 2. The minimum absolute atomic E-state index is 0.145. The van der Waals surface area contributed by atoms with Crippen LogP contribution in [0.4, 0.5) is 21.9 Å². The van der Waals surface area contributed by atoms with E-state index in [9.17, 15) is 9.59 Å². The first-order valence-corrected chi connectivity index (χ1v) is 9.84. The molecule has 0 saturated carbocycles. The lowest BCUT2D eigenvalue weighted by molar-refractivity contribution is -0.111. The molecule has 1 heterocycles. The van der Waals surface area contributed by atoms with Crippen LogP contribution < -0.4 is 10.2 Å². The molecular weight excluding hydrogens is 390 g/mol. The number of nitrogens with one attached hydrogen (secondary N) is 1. The molecule has 0 unspecified atom stereocenters. The van der Waals surface area contributed by atoms with Gasteiger partial charge in [-0.25, -0.2) is 9.69 Å². The van der Waals surface area contributed by atoms with Crippen LogP contribution in [-0.2, 0) is 22.6 Å². The number of amides is 2. The van der Waals surface area contributed by atoms with Crippen molar-refractivity contribution in [2.24, 2.45) is 0 Å². The van der Waals surface area contributed by atoms with Gasteiger partial charge in [0.25, 0.3) is 0 Å². The number of nitrogens with zero attached hydrogens (tertiary/aromatic N) is 2. The van der Waals surface area contributed by atoms with Gasteiger partial charge in [-0.3, -0.25) is 9.78 Å². The average molecular weight is 411 g/mol. The zero-order valence-electron chi connectivity index (χ0n) is 16.8. The highest BCUT2D eigenvalue weighted by Gasteiger charge is 2.25. The molecule has 154 valence electrons. The highest BCUT2D eigenvalue weighted by atomic mass is 16.6. The molecule has 3 aromatic rings. The molecular formula is C25H21N3O3. The number of ether oxygens (including phenoxy) is 1. The van der Waals surface area contributed by atoms with Gasteiger partial charge in [0.15, 0.2) is 0 Å². The Morgan fingerprint density at radius 3 is 2.77 bits per heavy atom. The van der Waals surface area contributed by atoms with Crippen molar-refractivity contribution < 1.29 is 14.3 Å². The molecule has 0 bridgehead atoms. The summed E-state index contributed by atoms with van der Waals surface area (Å²) in [7, 11) is 0. The Kier molecular flexibility index (Phi) is 5.89. The number of hydrogen-bond donors (Lipinski definition) is 1. The van der Waals surface area contributed by atoms with Gasteiger partial charge in [-0.05, 0) is 35.9 Å². The Labute approximate surface area is 180 Å². The van der Waals surface area contributed by atoms with Crippen LogP contribution in [0.15, 0.2) is 85.6 Å². The summed E-state index contributed by atoms with van der Waals surface area (Å²) in [5.41, 5.74) is 4.44. The highest BCUT2D eigenvalue weighted by molar-refractivity contribution is 6.01. The fourth-order valence-electron chi connectivity index (χ4n) is 3.38. The van der Waals surface area contributed by atoms with Crippen LogP contribution in [0.3, 0.4) is 0 Å². The maximum Gasteiger partial charge on any atom is 0.419 e. The third-order valence-electron chi connectivity index (χ3n) is 4.83. The summed E-state index contributed by atoms with van der Waals surface area (Å²) in [4.78, 5) is 30.9. The molecule has 6 heteroatoms. The minimum Gasteiger partial charge on any atom is -0.444 e. The fraction of sp³-hybridized carbons (Fsp3) is 0.0800. The monoisotopic (exact) mass is 411 g/mol. The van der Waals surface area contributed by atoms with Gasteiger partial charge in [-0.1, -0.05) is 55.1 Å². The van der Waals surface area contributed by atoms with Gasteiger partial charge < -0.3 is 10.1 Å². The molecule has 1 N–H and O–H groups in total. The molecule has 0 radical (unpaired) electrons. The lowest BCUT2D eigenvalue weighted by atomic mass is 10.1. The lowest BCUT2D eigenvalue weighted by Gasteiger charge is -2.24. The van der Waals surface area contributed by atoms with Crippen molar-refractivity contribution in [2.75, 3.05) is 10.2 Å². The first-order chi connectivity index (χ1) is 15.2. The van der Waals surface area contributed by atoms with Crippen LogP contribution in [-0.4, -0.2) is 17.0 Å². The van der Waals surface area contributed by atoms with Gasteiger partial charge in [0.1, 0.15) is 6.61 Å². The summed E-state index contributed by atoms with van der Waals surface area (Å²) in [6, 6.07) is 18.3. The molecule has 31 heavy (non-hydrogen) atoms. The molecule has 0 fully saturated rings. The van der Waals surface area contributed by atoms with Crippen LogP contribution in [0.25, 0.3) is 6.08 Å².